The monoisotopic (exact) mass is 505 g/mol. The highest BCUT2D eigenvalue weighted by atomic mass is 35.5. The number of nitrogens with two attached hydrogens (primary N) is 2. The molecule has 0 radical (unpaired) electrons. The molecule has 186 valence electrons. The van der Waals surface area contributed by atoms with Gasteiger partial charge in [0.2, 0.25) is 0 Å². The third-order valence-corrected chi connectivity index (χ3v) is 5.73. The van der Waals surface area contributed by atoms with Gasteiger partial charge in [-0.25, -0.2) is 23.9 Å². The van der Waals surface area contributed by atoms with Crippen LogP contribution in [0.1, 0.15) is 40.0 Å². The second-order valence-electron chi connectivity index (χ2n) is 7.62. The number of halogens is 1. The number of nitrogen functional groups attached to an aromatic ring is 2. The first-order valence-electron chi connectivity index (χ1n) is 10.6. The molecule has 2 aromatic heterocycles. The standard InChI is InChI=1S/C21H25ClN8O5/c1-3-30-13-8-10(19(32)26-11(6-7-31)21(34)35)4-5-12(13)29(2)14(30)9-25-20(33)15-17(23)28-18(24)16(22)27-15/h4-5,8,11,31H,3,6-7,9H2,1-2H3,(H6-,23,24,25,26,28,32,33,34,35)/p+1. The quantitative estimate of drug-likeness (QED) is 0.209. The van der Waals surface area contributed by atoms with Gasteiger partial charge in [0.05, 0.1) is 13.6 Å². The number of hydrogen-bond donors (Lipinski definition) is 6. The van der Waals surface area contributed by atoms with Crippen LogP contribution in [0, 0.1) is 0 Å². The van der Waals surface area contributed by atoms with Gasteiger partial charge in [-0.15, -0.1) is 0 Å². The second kappa shape index (κ2) is 10.5. The summed E-state index contributed by atoms with van der Waals surface area (Å²) in [5.41, 5.74) is 12.9. The van der Waals surface area contributed by atoms with Gasteiger partial charge in [-0.2, -0.15) is 0 Å². The molecule has 0 saturated carbocycles. The van der Waals surface area contributed by atoms with Crippen LogP contribution in [-0.4, -0.2) is 55.2 Å². The van der Waals surface area contributed by atoms with Crippen molar-refractivity contribution in [3.63, 3.8) is 0 Å². The van der Waals surface area contributed by atoms with Crippen molar-refractivity contribution < 1.29 is 29.2 Å². The van der Waals surface area contributed by atoms with E-state index < -0.39 is 23.8 Å². The molecule has 1 atom stereocenters. The fourth-order valence-corrected chi connectivity index (χ4v) is 3.80. The van der Waals surface area contributed by atoms with Crippen LogP contribution in [-0.2, 0) is 24.9 Å². The van der Waals surface area contributed by atoms with E-state index in [-0.39, 0.29) is 47.6 Å². The number of carboxylic acid groups (broad SMARTS) is 1. The number of anilines is 2. The highest BCUT2D eigenvalue weighted by Gasteiger charge is 2.26. The number of aliphatic carboxylic acids is 1. The van der Waals surface area contributed by atoms with Gasteiger partial charge in [0.15, 0.2) is 33.5 Å². The number of nitrogens with zero attached hydrogens (tertiary/aromatic N) is 4. The minimum Gasteiger partial charge on any atom is -0.480 e. The van der Waals surface area contributed by atoms with E-state index in [1.165, 1.54) is 0 Å². The number of carbonyl (C=O) groups is 3. The van der Waals surface area contributed by atoms with Crippen molar-refractivity contribution in [2.75, 3.05) is 18.1 Å². The maximum absolute atomic E-state index is 12.7. The van der Waals surface area contributed by atoms with E-state index in [4.69, 9.17) is 28.2 Å². The van der Waals surface area contributed by atoms with E-state index >= 15 is 0 Å². The molecule has 2 heterocycles. The van der Waals surface area contributed by atoms with Gasteiger partial charge in [0.25, 0.3) is 17.6 Å². The zero-order valence-electron chi connectivity index (χ0n) is 19.1. The summed E-state index contributed by atoms with van der Waals surface area (Å²) in [7, 11) is 1.81. The van der Waals surface area contributed by atoms with E-state index in [1.807, 2.05) is 23.1 Å². The number of aliphatic hydroxyl groups is 1. The summed E-state index contributed by atoms with van der Waals surface area (Å²) < 4.78 is 3.76. The summed E-state index contributed by atoms with van der Waals surface area (Å²) in [6, 6.07) is 3.73. The first kappa shape index (κ1) is 25.6. The van der Waals surface area contributed by atoms with Crippen molar-refractivity contribution in [3.8, 4) is 0 Å². The Hall–Kier alpha value is -3.97. The van der Waals surface area contributed by atoms with Gasteiger partial charge in [0, 0.05) is 24.7 Å². The average molecular weight is 506 g/mol. The minimum atomic E-state index is -1.23. The predicted octanol–water partition coefficient (Wildman–Crippen LogP) is -0.411. The molecule has 1 aromatic carbocycles. The van der Waals surface area contributed by atoms with Crippen LogP contribution < -0.4 is 26.7 Å². The Morgan fingerprint density at radius 3 is 2.54 bits per heavy atom. The Labute approximate surface area is 204 Å². The van der Waals surface area contributed by atoms with E-state index in [9.17, 15) is 19.5 Å². The van der Waals surface area contributed by atoms with Crippen molar-refractivity contribution in [1.29, 1.82) is 0 Å². The van der Waals surface area contributed by atoms with Crippen LogP contribution in [0.2, 0.25) is 5.15 Å². The van der Waals surface area contributed by atoms with Crippen molar-refractivity contribution >= 4 is 52.1 Å². The number of amides is 2. The van der Waals surface area contributed by atoms with Crippen molar-refractivity contribution in [2.24, 2.45) is 7.05 Å². The summed E-state index contributed by atoms with van der Waals surface area (Å²) >= 11 is 5.86. The fraction of sp³-hybridized carbons (Fsp3) is 0.333. The molecule has 0 saturated heterocycles. The molecule has 2 amide bonds. The number of aromatic nitrogens is 4. The summed E-state index contributed by atoms with van der Waals surface area (Å²) in [5, 5.41) is 23.3. The molecule has 0 aliphatic heterocycles. The Bertz CT molecular complexity index is 1310. The molecule has 14 heteroatoms. The molecule has 8 N–H and O–H groups in total. The molecule has 1 unspecified atom stereocenters. The lowest BCUT2D eigenvalue weighted by Crippen LogP contribution is -2.41. The van der Waals surface area contributed by atoms with E-state index in [1.54, 1.807) is 18.2 Å². The number of carbonyl (C=O) groups excluding carboxylic acids is 2. The summed E-state index contributed by atoms with van der Waals surface area (Å²) in [4.78, 5) is 44.3. The number of aryl methyl sites for hydroxylation is 2. The molecule has 13 nitrogen and oxygen atoms in total. The van der Waals surface area contributed by atoms with Gasteiger partial charge in [-0.1, -0.05) is 11.6 Å². The normalized spacial score (nSPS) is 11.9. The van der Waals surface area contributed by atoms with E-state index in [2.05, 4.69) is 20.6 Å². The molecule has 3 rings (SSSR count). The maximum Gasteiger partial charge on any atom is 0.326 e. The zero-order chi connectivity index (χ0) is 25.9. The highest BCUT2D eigenvalue weighted by molar-refractivity contribution is 6.31. The Morgan fingerprint density at radius 2 is 1.91 bits per heavy atom. The molecule has 35 heavy (non-hydrogen) atoms. The molecule has 0 fully saturated rings. The van der Waals surface area contributed by atoms with Crippen LogP contribution in [0.4, 0.5) is 11.6 Å². The predicted molar refractivity (Wildman–Crippen MR) is 126 cm³/mol. The maximum atomic E-state index is 12.7. The number of nitrogens with one attached hydrogen (secondary N) is 2. The van der Waals surface area contributed by atoms with Gasteiger partial charge < -0.3 is 32.3 Å². The van der Waals surface area contributed by atoms with Crippen LogP contribution in [0.3, 0.4) is 0 Å². The Kier molecular flexibility index (Phi) is 7.71. The second-order valence-corrected chi connectivity index (χ2v) is 7.97. The average Bonchev–Trinajstić information content (AvgIpc) is 3.09. The largest absolute Gasteiger partial charge is 0.480 e. The molecule has 3 aromatic rings. The van der Waals surface area contributed by atoms with Gasteiger partial charge in [-0.05, 0) is 19.1 Å². The SMILES string of the molecule is CCn1c(CNC(=O)c2nc(Cl)c(N)nc2N)[n+](C)c2ccc(C(=O)NC(CCO)C(=O)O)cc21. The molecule has 0 aliphatic rings. The number of fused-ring (bicyclic) bond motifs is 1. The third-order valence-electron chi connectivity index (χ3n) is 5.45. The lowest BCUT2D eigenvalue weighted by molar-refractivity contribution is -0.654. The van der Waals surface area contributed by atoms with Gasteiger partial charge in [0.1, 0.15) is 12.6 Å². The number of benzene rings is 1. The molecular formula is C21H26ClN8O5+. The van der Waals surface area contributed by atoms with Crippen molar-refractivity contribution in [2.45, 2.75) is 32.5 Å². The number of aliphatic hydroxyl groups excluding tert-OH is 1. The minimum absolute atomic E-state index is 0.0795. The number of carboxylic acids is 1. The van der Waals surface area contributed by atoms with Crippen molar-refractivity contribution in [1.82, 2.24) is 25.2 Å². The topological polar surface area (TPSA) is 202 Å². The van der Waals surface area contributed by atoms with Gasteiger partial charge >= 0.3 is 5.97 Å². The zero-order valence-corrected chi connectivity index (χ0v) is 19.8. The smallest absolute Gasteiger partial charge is 0.326 e. The summed E-state index contributed by atoms with van der Waals surface area (Å²) in [6.07, 6.45) is -0.110. The van der Waals surface area contributed by atoms with E-state index in [0.717, 1.165) is 5.52 Å². The lowest BCUT2D eigenvalue weighted by atomic mass is 10.1. The van der Waals surface area contributed by atoms with Gasteiger partial charge in [-0.3, -0.25) is 9.59 Å². The van der Waals surface area contributed by atoms with Crippen LogP contribution >= 0.6 is 11.6 Å². The van der Waals surface area contributed by atoms with Crippen LogP contribution in [0.5, 0.6) is 0 Å². The Balaban J connectivity index is 1.88. The fourth-order valence-electron chi connectivity index (χ4n) is 3.67. The van der Waals surface area contributed by atoms with E-state index in [0.29, 0.717) is 17.9 Å². The first-order valence-corrected chi connectivity index (χ1v) is 11.0. The number of hydrogen-bond acceptors (Lipinski definition) is 8. The highest BCUT2D eigenvalue weighted by Crippen LogP contribution is 2.19. The van der Waals surface area contributed by atoms with Crippen LogP contribution in [0.15, 0.2) is 18.2 Å². The number of rotatable bonds is 9. The summed E-state index contributed by atoms with van der Waals surface area (Å²) in [6.45, 7) is 2.15. The molecule has 0 bridgehead atoms. The first-order chi connectivity index (χ1) is 16.6. The lowest BCUT2D eigenvalue weighted by Gasteiger charge is -2.13. The third kappa shape index (κ3) is 5.25. The molecule has 0 spiro atoms. The number of imidazole rings is 1. The Morgan fingerprint density at radius 1 is 1.20 bits per heavy atom. The molecular weight excluding hydrogens is 480 g/mol. The molecule has 0 aliphatic carbocycles. The van der Waals surface area contributed by atoms with Crippen LogP contribution in [0.25, 0.3) is 11.0 Å². The van der Waals surface area contributed by atoms with Crippen molar-refractivity contribution in [3.05, 3.63) is 40.4 Å². The summed E-state index contributed by atoms with van der Waals surface area (Å²) in [5.74, 6) is -1.92.